The number of carbonyl (C=O) groups is 3. The van der Waals surface area contributed by atoms with Gasteiger partial charge >= 0.3 is 6.03 Å². The molecule has 1 saturated heterocycles. The van der Waals surface area contributed by atoms with Crippen molar-refractivity contribution in [2.75, 3.05) is 13.3 Å². The maximum Gasteiger partial charge on any atom is 0.325 e. The highest BCUT2D eigenvalue weighted by atomic mass is 16.7. The summed E-state index contributed by atoms with van der Waals surface area (Å²) in [4.78, 5) is 38.9. The highest BCUT2D eigenvalue weighted by Gasteiger charge is 2.49. The normalized spacial score (nSPS) is 20.1. The molecule has 8 nitrogen and oxygen atoms in total. The first kappa shape index (κ1) is 17.5. The van der Waals surface area contributed by atoms with E-state index in [4.69, 9.17) is 14.7 Å². The van der Waals surface area contributed by atoms with Crippen molar-refractivity contribution in [3.8, 4) is 17.6 Å². The average Bonchev–Trinajstić information content (AvgIpc) is 3.26. The van der Waals surface area contributed by atoms with Crippen molar-refractivity contribution in [3.05, 3.63) is 59.2 Å². The molecule has 8 heteroatoms. The minimum atomic E-state index is -1.35. The maximum absolute atomic E-state index is 13.0. The minimum absolute atomic E-state index is 0.0834. The fourth-order valence-electron chi connectivity index (χ4n) is 3.24. The molecule has 140 valence electrons. The number of imide groups is 1. The first-order valence-corrected chi connectivity index (χ1v) is 8.50. The largest absolute Gasteiger partial charge is 0.454 e. The van der Waals surface area contributed by atoms with Gasteiger partial charge in [0.1, 0.15) is 5.54 Å². The fourth-order valence-corrected chi connectivity index (χ4v) is 3.24. The van der Waals surface area contributed by atoms with E-state index in [0.717, 1.165) is 4.90 Å². The summed E-state index contributed by atoms with van der Waals surface area (Å²) in [6.45, 7) is 1.23. The third-order valence-corrected chi connectivity index (χ3v) is 4.84. The highest BCUT2D eigenvalue weighted by molar-refractivity contribution is 6.11. The molecule has 1 N–H and O–H groups in total. The molecule has 0 aliphatic carbocycles. The number of rotatable bonds is 4. The fraction of sp³-hybridized carbons (Fsp3) is 0.200. The van der Waals surface area contributed by atoms with Crippen LogP contribution in [0.5, 0.6) is 11.5 Å². The number of fused-ring (bicyclic) bond motifs is 1. The van der Waals surface area contributed by atoms with Gasteiger partial charge in [0.05, 0.1) is 18.2 Å². The minimum Gasteiger partial charge on any atom is -0.454 e. The van der Waals surface area contributed by atoms with Gasteiger partial charge in [0.25, 0.3) is 5.91 Å². The maximum atomic E-state index is 13.0. The third kappa shape index (κ3) is 2.74. The van der Waals surface area contributed by atoms with Crippen LogP contribution in [0.3, 0.4) is 0 Å². The van der Waals surface area contributed by atoms with Crippen molar-refractivity contribution in [3.63, 3.8) is 0 Å². The number of hydrogen-bond acceptors (Lipinski definition) is 6. The Morgan fingerprint density at radius 3 is 2.79 bits per heavy atom. The highest BCUT2D eigenvalue weighted by Crippen LogP contribution is 2.33. The topological polar surface area (TPSA) is 109 Å². The molecule has 0 bridgehead atoms. The number of Topliss-reactive ketones (excluding diaryl/α,β-unsaturated/α-hetero) is 1. The molecule has 28 heavy (non-hydrogen) atoms. The Morgan fingerprint density at radius 1 is 1.21 bits per heavy atom. The number of amides is 3. The van der Waals surface area contributed by atoms with E-state index in [1.54, 1.807) is 43.3 Å². The zero-order chi connectivity index (χ0) is 19.9. The van der Waals surface area contributed by atoms with E-state index in [9.17, 15) is 14.4 Å². The van der Waals surface area contributed by atoms with Crippen LogP contribution in [0.4, 0.5) is 4.79 Å². The summed E-state index contributed by atoms with van der Waals surface area (Å²) in [5.74, 6) is 0.0243. The third-order valence-electron chi connectivity index (χ3n) is 4.84. The number of ketones is 1. The van der Waals surface area contributed by atoms with E-state index < -0.39 is 29.8 Å². The molecule has 1 atom stereocenters. The Balaban J connectivity index is 1.57. The molecule has 1 unspecified atom stereocenters. The summed E-state index contributed by atoms with van der Waals surface area (Å²) in [6.07, 6.45) is 0. The van der Waals surface area contributed by atoms with E-state index >= 15 is 0 Å². The molecule has 2 aliphatic rings. The average molecular weight is 377 g/mol. The Hall–Kier alpha value is -3.86. The molecule has 2 heterocycles. The van der Waals surface area contributed by atoms with Crippen LogP contribution in [-0.2, 0) is 10.3 Å². The van der Waals surface area contributed by atoms with Gasteiger partial charge in [-0.15, -0.1) is 0 Å². The number of nitriles is 1. The van der Waals surface area contributed by atoms with E-state index in [1.165, 1.54) is 6.07 Å². The second-order valence-corrected chi connectivity index (χ2v) is 6.63. The Morgan fingerprint density at radius 2 is 2.00 bits per heavy atom. The number of nitrogens with zero attached hydrogens (tertiary/aromatic N) is 2. The number of urea groups is 1. The van der Waals surface area contributed by atoms with Crippen molar-refractivity contribution in [1.29, 1.82) is 5.26 Å². The van der Waals surface area contributed by atoms with Crippen molar-refractivity contribution in [2.24, 2.45) is 0 Å². The lowest BCUT2D eigenvalue weighted by molar-refractivity contribution is -0.130. The molecular weight excluding hydrogens is 362 g/mol. The second-order valence-electron chi connectivity index (χ2n) is 6.63. The van der Waals surface area contributed by atoms with Crippen LogP contribution >= 0.6 is 0 Å². The molecule has 2 aliphatic heterocycles. The van der Waals surface area contributed by atoms with E-state index in [1.807, 2.05) is 6.07 Å². The van der Waals surface area contributed by atoms with Crippen LogP contribution in [0, 0.1) is 11.3 Å². The smallest absolute Gasteiger partial charge is 0.325 e. The van der Waals surface area contributed by atoms with Crippen molar-refractivity contribution >= 4 is 17.7 Å². The van der Waals surface area contributed by atoms with Crippen molar-refractivity contribution in [1.82, 2.24) is 10.2 Å². The first-order valence-electron chi connectivity index (χ1n) is 8.50. The number of hydrogen-bond donors (Lipinski definition) is 1. The summed E-state index contributed by atoms with van der Waals surface area (Å²) >= 11 is 0. The van der Waals surface area contributed by atoms with Gasteiger partial charge in [-0.1, -0.05) is 12.1 Å². The predicted octanol–water partition coefficient (Wildman–Crippen LogP) is 1.94. The van der Waals surface area contributed by atoms with Crippen LogP contribution < -0.4 is 14.8 Å². The Kier molecular flexibility index (Phi) is 4.00. The predicted molar refractivity (Wildman–Crippen MR) is 95.6 cm³/mol. The van der Waals surface area contributed by atoms with E-state index in [-0.39, 0.29) is 6.79 Å². The summed E-state index contributed by atoms with van der Waals surface area (Å²) in [6, 6.07) is 12.5. The molecule has 4 rings (SSSR count). The quantitative estimate of drug-likeness (QED) is 0.644. The lowest BCUT2D eigenvalue weighted by Crippen LogP contribution is -2.41. The lowest BCUT2D eigenvalue weighted by Gasteiger charge is -2.22. The molecule has 0 spiro atoms. The van der Waals surface area contributed by atoms with Crippen LogP contribution in [0.1, 0.15) is 28.4 Å². The number of nitrogens with one attached hydrogen (secondary N) is 1. The van der Waals surface area contributed by atoms with Gasteiger partial charge in [0.15, 0.2) is 17.3 Å². The molecule has 2 aromatic carbocycles. The van der Waals surface area contributed by atoms with Gasteiger partial charge in [-0.3, -0.25) is 14.5 Å². The molecule has 3 amide bonds. The molecule has 2 aromatic rings. The lowest BCUT2D eigenvalue weighted by atomic mass is 9.91. The van der Waals surface area contributed by atoms with Crippen molar-refractivity contribution < 1.29 is 23.9 Å². The van der Waals surface area contributed by atoms with Crippen LogP contribution in [-0.4, -0.2) is 36.0 Å². The summed E-state index contributed by atoms with van der Waals surface area (Å²) in [5.41, 5.74) is -0.192. The summed E-state index contributed by atoms with van der Waals surface area (Å²) < 4.78 is 10.5. The van der Waals surface area contributed by atoms with Gasteiger partial charge in [0.2, 0.25) is 6.79 Å². The van der Waals surface area contributed by atoms with Gasteiger partial charge in [-0.05, 0) is 42.8 Å². The monoisotopic (exact) mass is 377 g/mol. The summed E-state index contributed by atoms with van der Waals surface area (Å²) in [7, 11) is 0. The molecule has 0 radical (unpaired) electrons. The number of carbonyl (C=O) groups excluding carboxylic acids is 3. The standard InChI is InChI=1S/C20H15N3O5/c1-20(14-4-2-3-12(7-14)9-21)18(25)23(19(26)22-20)10-15(24)13-5-6-16-17(8-13)28-11-27-16/h2-8H,10-11H2,1H3,(H,22,26). The van der Waals surface area contributed by atoms with Gasteiger partial charge in [0, 0.05) is 5.56 Å². The summed E-state index contributed by atoms with van der Waals surface area (Å²) in [5, 5.41) is 11.7. The molecular formula is C20H15N3O5. The van der Waals surface area contributed by atoms with Crippen LogP contribution in [0.25, 0.3) is 0 Å². The molecule has 0 aromatic heterocycles. The zero-order valence-electron chi connectivity index (χ0n) is 14.9. The van der Waals surface area contributed by atoms with Gasteiger partial charge in [-0.2, -0.15) is 5.26 Å². The Bertz CT molecular complexity index is 1060. The Labute approximate surface area is 160 Å². The van der Waals surface area contributed by atoms with Gasteiger partial charge in [-0.25, -0.2) is 4.79 Å². The van der Waals surface area contributed by atoms with Crippen LogP contribution in [0.15, 0.2) is 42.5 Å². The first-order chi connectivity index (χ1) is 13.4. The van der Waals surface area contributed by atoms with E-state index in [2.05, 4.69) is 5.32 Å². The second kappa shape index (κ2) is 6.39. The van der Waals surface area contributed by atoms with E-state index in [0.29, 0.717) is 28.2 Å². The van der Waals surface area contributed by atoms with Crippen molar-refractivity contribution in [2.45, 2.75) is 12.5 Å². The number of benzene rings is 2. The molecule has 1 fully saturated rings. The van der Waals surface area contributed by atoms with Crippen LogP contribution in [0.2, 0.25) is 0 Å². The molecule has 0 saturated carbocycles. The SMILES string of the molecule is CC1(c2cccc(C#N)c2)NC(=O)N(CC(=O)c2ccc3c(c2)OCO3)C1=O. The van der Waals surface area contributed by atoms with Gasteiger partial charge < -0.3 is 14.8 Å². The zero-order valence-corrected chi connectivity index (χ0v) is 14.9. The number of ether oxygens (including phenoxy) is 2.